The standard InChI is InChI=1S/C18H19N3O7S2/c1-4-27-17(23)14-10(3)15(18(24)28-5-2)30-16(14)20-12(22)9-29-13-7-6-11(8-19-13)21(25)26/h6-8H,4-5,9H2,1-3H3,(H,20,22). The highest BCUT2D eigenvalue weighted by Crippen LogP contribution is 2.34. The first-order valence-corrected chi connectivity index (χ1v) is 10.6. The smallest absolute Gasteiger partial charge is 0.348 e. The number of carbonyl (C=O) groups is 3. The van der Waals surface area contributed by atoms with Crippen LogP contribution in [-0.4, -0.2) is 46.7 Å². The summed E-state index contributed by atoms with van der Waals surface area (Å²) in [5, 5.41) is 13.9. The summed E-state index contributed by atoms with van der Waals surface area (Å²) in [5.41, 5.74) is 0.331. The molecule has 0 saturated heterocycles. The fraction of sp³-hybridized carbons (Fsp3) is 0.333. The lowest BCUT2D eigenvalue weighted by molar-refractivity contribution is -0.385. The van der Waals surface area contributed by atoms with Crippen molar-refractivity contribution in [2.24, 2.45) is 0 Å². The molecule has 0 saturated carbocycles. The molecular weight excluding hydrogens is 434 g/mol. The molecule has 30 heavy (non-hydrogen) atoms. The van der Waals surface area contributed by atoms with Crippen LogP contribution in [0.3, 0.4) is 0 Å². The monoisotopic (exact) mass is 453 g/mol. The molecule has 0 aliphatic heterocycles. The first-order chi connectivity index (χ1) is 14.3. The number of nitro groups is 1. The predicted octanol–water partition coefficient (Wildman–Crippen LogP) is 3.44. The number of aromatic nitrogens is 1. The van der Waals surface area contributed by atoms with E-state index in [1.807, 2.05) is 0 Å². The molecule has 0 unspecified atom stereocenters. The first kappa shape index (κ1) is 23.3. The van der Waals surface area contributed by atoms with Crippen molar-refractivity contribution in [2.75, 3.05) is 24.3 Å². The van der Waals surface area contributed by atoms with Gasteiger partial charge in [0.2, 0.25) is 5.91 Å². The number of ether oxygens (including phenoxy) is 2. The maximum atomic E-state index is 12.4. The second-order valence-corrected chi connectivity index (χ2v) is 7.67. The molecule has 0 aliphatic rings. The van der Waals surface area contributed by atoms with Gasteiger partial charge < -0.3 is 14.8 Å². The van der Waals surface area contributed by atoms with Gasteiger partial charge in [-0.2, -0.15) is 0 Å². The van der Waals surface area contributed by atoms with Crippen molar-refractivity contribution < 1.29 is 28.8 Å². The molecule has 0 atom stereocenters. The number of rotatable bonds is 9. The highest BCUT2D eigenvalue weighted by Gasteiger charge is 2.27. The van der Waals surface area contributed by atoms with Crippen molar-refractivity contribution in [1.82, 2.24) is 4.98 Å². The number of nitrogens with zero attached hydrogens (tertiary/aromatic N) is 2. The highest BCUT2D eigenvalue weighted by atomic mass is 32.2. The molecule has 160 valence electrons. The van der Waals surface area contributed by atoms with Crippen molar-refractivity contribution in [1.29, 1.82) is 0 Å². The van der Waals surface area contributed by atoms with E-state index < -0.39 is 22.8 Å². The summed E-state index contributed by atoms with van der Waals surface area (Å²) in [7, 11) is 0. The first-order valence-electron chi connectivity index (χ1n) is 8.79. The molecule has 10 nitrogen and oxygen atoms in total. The number of thiophene rings is 1. The van der Waals surface area contributed by atoms with Gasteiger partial charge >= 0.3 is 11.9 Å². The van der Waals surface area contributed by atoms with Gasteiger partial charge in [-0.15, -0.1) is 11.3 Å². The third kappa shape index (κ3) is 5.76. The van der Waals surface area contributed by atoms with Crippen LogP contribution in [0.25, 0.3) is 0 Å². The Balaban J connectivity index is 2.15. The number of carbonyl (C=O) groups excluding carboxylic acids is 3. The summed E-state index contributed by atoms with van der Waals surface area (Å²) >= 11 is 2.01. The van der Waals surface area contributed by atoms with Crippen LogP contribution >= 0.6 is 23.1 Å². The van der Waals surface area contributed by atoms with Crippen molar-refractivity contribution in [3.8, 4) is 0 Å². The van der Waals surface area contributed by atoms with Crippen molar-refractivity contribution >= 4 is 51.6 Å². The lowest BCUT2D eigenvalue weighted by Gasteiger charge is -2.07. The Morgan fingerprint density at radius 2 is 1.87 bits per heavy atom. The van der Waals surface area contributed by atoms with Gasteiger partial charge in [-0.1, -0.05) is 11.8 Å². The van der Waals surface area contributed by atoms with E-state index in [1.54, 1.807) is 20.8 Å². The van der Waals surface area contributed by atoms with Gasteiger partial charge in [0.15, 0.2) is 0 Å². The van der Waals surface area contributed by atoms with Crippen molar-refractivity contribution in [3.05, 3.63) is 44.4 Å². The predicted molar refractivity (Wildman–Crippen MR) is 111 cm³/mol. The summed E-state index contributed by atoms with van der Waals surface area (Å²) in [5.74, 6) is -1.74. The second-order valence-electron chi connectivity index (χ2n) is 5.65. The van der Waals surface area contributed by atoms with Crippen LogP contribution in [-0.2, 0) is 14.3 Å². The van der Waals surface area contributed by atoms with E-state index in [9.17, 15) is 24.5 Å². The van der Waals surface area contributed by atoms with Crippen LogP contribution in [0.5, 0.6) is 0 Å². The molecule has 0 fully saturated rings. The molecular formula is C18H19N3O7S2. The van der Waals surface area contributed by atoms with Crippen molar-refractivity contribution in [3.63, 3.8) is 0 Å². The van der Waals surface area contributed by atoms with Crippen molar-refractivity contribution in [2.45, 2.75) is 25.8 Å². The molecule has 1 amide bonds. The summed E-state index contributed by atoms with van der Waals surface area (Å²) in [4.78, 5) is 51.1. The lowest BCUT2D eigenvalue weighted by Crippen LogP contribution is -2.16. The van der Waals surface area contributed by atoms with E-state index in [2.05, 4.69) is 10.3 Å². The Bertz CT molecular complexity index is 957. The molecule has 0 aliphatic carbocycles. The number of hydrogen-bond donors (Lipinski definition) is 1. The van der Waals surface area contributed by atoms with E-state index in [0.717, 1.165) is 29.3 Å². The third-order valence-corrected chi connectivity index (χ3v) is 5.75. The zero-order valence-electron chi connectivity index (χ0n) is 16.4. The fourth-order valence-corrected chi connectivity index (χ4v) is 4.06. The minimum atomic E-state index is -0.651. The molecule has 0 spiro atoms. The van der Waals surface area contributed by atoms with Gasteiger partial charge in [-0.25, -0.2) is 14.6 Å². The van der Waals surface area contributed by atoms with E-state index >= 15 is 0 Å². The fourth-order valence-electron chi connectivity index (χ4n) is 2.31. The molecule has 0 bridgehead atoms. The lowest BCUT2D eigenvalue weighted by atomic mass is 10.1. The summed E-state index contributed by atoms with van der Waals surface area (Å²) in [6, 6.07) is 2.73. The Hall–Kier alpha value is -2.99. The quantitative estimate of drug-likeness (QED) is 0.262. The van der Waals surface area contributed by atoms with Gasteiger partial charge in [-0.3, -0.25) is 14.9 Å². The van der Waals surface area contributed by atoms with E-state index in [-0.39, 0.29) is 40.1 Å². The van der Waals surface area contributed by atoms with Gasteiger partial charge in [0.1, 0.15) is 16.1 Å². The van der Waals surface area contributed by atoms with Crippen LogP contribution in [0.1, 0.15) is 39.4 Å². The molecule has 0 radical (unpaired) electrons. The molecule has 2 heterocycles. The summed E-state index contributed by atoms with van der Waals surface area (Å²) < 4.78 is 10.0. The van der Waals surface area contributed by atoms with Gasteiger partial charge in [0, 0.05) is 6.07 Å². The third-order valence-electron chi connectivity index (χ3n) is 3.62. The number of anilines is 1. The molecule has 1 N–H and O–H groups in total. The topological polar surface area (TPSA) is 138 Å². The zero-order chi connectivity index (χ0) is 22.3. The van der Waals surface area contributed by atoms with E-state index in [1.165, 1.54) is 12.1 Å². The number of thioether (sulfide) groups is 1. The normalized spacial score (nSPS) is 10.4. The maximum absolute atomic E-state index is 12.4. The van der Waals surface area contributed by atoms with E-state index in [0.29, 0.717) is 10.6 Å². The highest BCUT2D eigenvalue weighted by molar-refractivity contribution is 7.99. The Labute approximate surface area is 180 Å². The average molecular weight is 453 g/mol. The summed E-state index contributed by atoms with van der Waals surface area (Å²) in [6.45, 7) is 5.21. The number of esters is 2. The minimum absolute atomic E-state index is 0.0568. The zero-order valence-corrected chi connectivity index (χ0v) is 18.1. The molecule has 2 aromatic heterocycles. The second kappa shape index (κ2) is 10.7. The molecule has 0 aromatic carbocycles. The SMILES string of the molecule is CCOC(=O)c1sc(NC(=O)CSc2ccc([N+](=O)[O-])cn2)c(C(=O)OCC)c1C. The van der Waals surface area contributed by atoms with Crippen LogP contribution in [0.15, 0.2) is 23.4 Å². The van der Waals surface area contributed by atoms with E-state index in [4.69, 9.17) is 9.47 Å². The number of amides is 1. The number of hydrogen-bond acceptors (Lipinski definition) is 10. The number of nitrogens with one attached hydrogen (secondary N) is 1. The van der Waals surface area contributed by atoms with Crippen LogP contribution in [0.2, 0.25) is 0 Å². The van der Waals surface area contributed by atoms with Crippen LogP contribution in [0.4, 0.5) is 10.7 Å². The largest absolute Gasteiger partial charge is 0.462 e. The molecule has 12 heteroatoms. The van der Waals surface area contributed by atoms with Gasteiger partial charge in [0.25, 0.3) is 5.69 Å². The summed E-state index contributed by atoms with van der Waals surface area (Å²) in [6.07, 6.45) is 1.10. The van der Waals surface area contributed by atoms with Crippen LogP contribution < -0.4 is 5.32 Å². The Kier molecular flexibility index (Phi) is 8.30. The molecule has 2 rings (SSSR count). The average Bonchev–Trinajstić information content (AvgIpc) is 3.03. The Morgan fingerprint density at radius 1 is 1.20 bits per heavy atom. The minimum Gasteiger partial charge on any atom is -0.462 e. The maximum Gasteiger partial charge on any atom is 0.348 e. The van der Waals surface area contributed by atoms with Crippen LogP contribution in [0, 0.1) is 17.0 Å². The Morgan fingerprint density at radius 3 is 2.43 bits per heavy atom. The molecule has 2 aromatic rings. The number of pyridine rings is 1. The van der Waals surface area contributed by atoms with Gasteiger partial charge in [-0.05, 0) is 32.4 Å². The van der Waals surface area contributed by atoms with Gasteiger partial charge in [0.05, 0.1) is 34.5 Å².